The van der Waals surface area contributed by atoms with Crippen molar-refractivity contribution < 1.29 is 4.79 Å². The highest BCUT2D eigenvalue weighted by atomic mass is 16.1. The predicted octanol–water partition coefficient (Wildman–Crippen LogP) is 1.31. The highest BCUT2D eigenvalue weighted by Gasteiger charge is 2.28. The quantitative estimate of drug-likeness (QED) is 0.573. The molecule has 11 heavy (non-hydrogen) atoms. The fourth-order valence-corrected chi connectivity index (χ4v) is 1.65. The van der Waals surface area contributed by atoms with Gasteiger partial charge >= 0.3 is 0 Å². The van der Waals surface area contributed by atoms with Crippen LogP contribution in [0.2, 0.25) is 0 Å². The van der Waals surface area contributed by atoms with Crippen molar-refractivity contribution in [3.8, 4) is 0 Å². The maximum atomic E-state index is 10.1. The number of carbonyl (C=O) groups excluding carboxylic acids is 1. The molecule has 0 radical (unpaired) electrons. The molecule has 2 nitrogen and oxygen atoms in total. The summed E-state index contributed by atoms with van der Waals surface area (Å²) in [6, 6.07) is 0. The fourth-order valence-electron chi connectivity index (χ4n) is 1.65. The first-order valence-corrected chi connectivity index (χ1v) is 4.30. The molecule has 0 unspecified atom stereocenters. The number of nitrogens with zero attached hydrogens (tertiary/aromatic N) is 1. The molecule has 0 amide bonds. The van der Waals surface area contributed by atoms with E-state index in [1.54, 1.807) is 0 Å². The molecule has 1 rings (SSSR count). The van der Waals surface area contributed by atoms with Gasteiger partial charge in [-0.25, -0.2) is 0 Å². The molecule has 0 saturated carbocycles. The summed E-state index contributed by atoms with van der Waals surface area (Å²) in [5.74, 6) is 0. The fraction of sp³-hybridized carbons (Fsp3) is 0.889. The smallest absolute Gasteiger partial charge is 0.121 e. The Bertz CT molecular complexity index is 142. The van der Waals surface area contributed by atoms with E-state index >= 15 is 0 Å². The normalized spacial score (nSPS) is 23.8. The van der Waals surface area contributed by atoms with Crippen molar-refractivity contribution in [1.82, 2.24) is 4.90 Å². The van der Waals surface area contributed by atoms with Gasteiger partial charge in [0.2, 0.25) is 0 Å². The van der Waals surface area contributed by atoms with Crippen LogP contribution in [-0.2, 0) is 4.79 Å². The lowest BCUT2D eigenvalue weighted by molar-refractivity contribution is -0.108. The van der Waals surface area contributed by atoms with Crippen LogP contribution < -0.4 is 0 Å². The van der Waals surface area contributed by atoms with Crippen LogP contribution in [0.3, 0.4) is 0 Å². The van der Waals surface area contributed by atoms with Crippen molar-refractivity contribution in [1.29, 1.82) is 0 Å². The van der Waals surface area contributed by atoms with Crippen LogP contribution in [0.5, 0.6) is 0 Å². The molecular weight excluding hydrogens is 138 g/mol. The Hall–Kier alpha value is -0.370. The van der Waals surface area contributed by atoms with Crippen LogP contribution in [0, 0.1) is 5.41 Å². The third-order valence-electron chi connectivity index (χ3n) is 2.32. The van der Waals surface area contributed by atoms with E-state index in [9.17, 15) is 4.79 Å². The monoisotopic (exact) mass is 155 g/mol. The molecular formula is C9H17NO. The second kappa shape index (κ2) is 3.35. The molecule has 0 aromatic carbocycles. The lowest BCUT2D eigenvalue weighted by atomic mass is 9.93. The van der Waals surface area contributed by atoms with Crippen molar-refractivity contribution in [3.63, 3.8) is 0 Å². The van der Waals surface area contributed by atoms with Crippen LogP contribution >= 0.6 is 0 Å². The minimum atomic E-state index is 0.475. The summed E-state index contributed by atoms with van der Waals surface area (Å²) in [4.78, 5) is 12.5. The average Bonchev–Trinajstić information content (AvgIpc) is 2.26. The van der Waals surface area contributed by atoms with Gasteiger partial charge in [-0.2, -0.15) is 0 Å². The number of hydrogen-bond acceptors (Lipinski definition) is 2. The molecule has 0 aromatic heterocycles. The largest absolute Gasteiger partial charge is 0.303 e. The summed E-state index contributed by atoms with van der Waals surface area (Å²) in [6.07, 6.45) is 2.97. The minimum absolute atomic E-state index is 0.475. The van der Waals surface area contributed by atoms with E-state index in [-0.39, 0.29) is 0 Å². The molecule has 0 atom stereocenters. The highest BCUT2D eigenvalue weighted by Crippen LogP contribution is 2.28. The maximum absolute atomic E-state index is 10.1. The van der Waals surface area contributed by atoms with E-state index in [2.05, 4.69) is 18.7 Å². The van der Waals surface area contributed by atoms with Gasteiger partial charge in [0, 0.05) is 19.5 Å². The van der Waals surface area contributed by atoms with Crippen molar-refractivity contribution in [2.24, 2.45) is 5.41 Å². The first kappa shape index (κ1) is 8.72. The zero-order valence-corrected chi connectivity index (χ0v) is 7.47. The van der Waals surface area contributed by atoms with E-state index in [1.807, 2.05) is 0 Å². The molecule has 1 heterocycles. The summed E-state index contributed by atoms with van der Waals surface area (Å²) in [7, 11) is 0. The number of carbonyl (C=O) groups is 1. The van der Waals surface area contributed by atoms with E-state index in [0.717, 1.165) is 19.4 Å². The molecule has 0 aliphatic carbocycles. The van der Waals surface area contributed by atoms with Gasteiger partial charge in [0.25, 0.3) is 0 Å². The van der Waals surface area contributed by atoms with Crippen molar-refractivity contribution in [3.05, 3.63) is 0 Å². The third-order valence-corrected chi connectivity index (χ3v) is 2.32. The molecule has 64 valence electrons. The summed E-state index contributed by atoms with van der Waals surface area (Å²) in [5.41, 5.74) is 0.475. The van der Waals surface area contributed by atoms with Crippen LogP contribution in [0.4, 0.5) is 0 Å². The molecule has 2 heteroatoms. The Kier molecular flexibility index (Phi) is 2.66. The van der Waals surface area contributed by atoms with E-state index in [0.29, 0.717) is 11.8 Å². The summed E-state index contributed by atoms with van der Waals surface area (Å²) < 4.78 is 0. The van der Waals surface area contributed by atoms with Gasteiger partial charge in [-0.15, -0.1) is 0 Å². The molecule has 1 saturated heterocycles. The highest BCUT2D eigenvalue weighted by molar-refractivity contribution is 5.49. The Balaban J connectivity index is 2.24. The summed E-state index contributed by atoms with van der Waals surface area (Å²) in [6.45, 7) is 7.84. The van der Waals surface area contributed by atoms with Gasteiger partial charge < -0.3 is 9.69 Å². The molecule has 0 N–H and O–H groups in total. The standard InChI is InChI=1S/C9H17NO/c1-9(2)4-6-10(8-9)5-3-7-11/h7H,3-6,8H2,1-2H3. The van der Waals surface area contributed by atoms with Gasteiger partial charge in [-0.05, 0) is 18.4 Å². The summed E-state index contributed by atoms with van der Waals surface area (Å²) >= 11 is 0. The van der Waals surface area contributed by atoms with Crippen LogP contribution in [0.15, 0.2) is 0 Å². The number of hydrogen-bond donors (Lipinski definition) is 0. The van der Waals surface area contributed by atoms with Gasteiger partial charge in [0.1, 0.15) is 6.29 Å². The predicted molar refractivity (Wildman–Crippen MR) is 45.5 cm³/mol. The molecule has 0 spiro atoms. The minimum Gasteiger partial charge on any atom is -0.303 e. The van der Waals surface area contributed by atoms with Crippen molar-refractivity contribution >= 4 is 6.29 Å². The molecule has 1 fully saturated rings. The first-order valence-electron chi connectivity index (χ1n) is 4.30. The Morgan fingerprint density at radius 1 is 1.55 bits per heavy atom. The number of rotatable bonds is 3. The number of aldehydes is 1. The SMILES string of the molecule is CC1(C)CCN(CCC=O)C1. The zero-order chi connectivity index (χ0) is 8.32. The van der Waals surface area contributed by atoms with Gasteiger partial charge in [-0.1, -0.05) is 13.8 Å². The third kappa shape index (κ3) is 2.62. The zero-order valence-electron chi connectivity index (χ0n) is 7.47. The average molecular weight is 155 g/mol. The van der Waals surface area contributed by atoms with Crippen LogP contribution in [0.25, 0.3) is 0 Å². The topological polar surface area (TPSA) is 20.3 Å². The molecule has 1 aliphatic rings. The Labute approximate surface area is 68.6 Å². The molecule has 0 aromatic rings. The van der Waals surface area contributed by atoms with Crippen LogP contribution in [0.1, 0.15) is 26.7 Å². The Morgan fingerprint density at radius 2 is 2.27 bits per heavy atom. The van der Waals surface area contributed by atoms with Crippen molar-refractivity contribution in [2.75, 3.05) is 19.6 Å². The summed E-state index contributed by atoms with van der Waals surface area (Å²) in [5, 5.41) is 0. The lowest BCUT2D eigenvalue weighted by Gasteiger charge is -2.18. The maximum Gasteiger partial charge on any atom is 0.121 e. The second-order valence-electron chi connectivity index (χ2n) is 4.15. The van der Waals surface area contributed by atoms with Crippen molar-refractivity contribution in [2.45, 2.75) is 26.7 Å². The van der Waals surface area contributed by atoms with Gasteiger partial charge in [0.05, 0.1) is 0 Å². The number of likely N-dealkylation sites (tertiary alicyclic amines) is 1. The molecule has 0 bridgehead atoms. The second-order valence-corrected chi connectivity index (χ2v) is 4.15. The van der Waals surface area contributed by atoms with E-state index in [1.165, 1.54) is 13.0 Å². The van der Waals surface area contributed by atoms with Gasteiger partial charge in [-0.3, -0.25) is 0 Å². The molecule has 1 aliphatic heterocycles. The van der Waals surface area contributed by atoms with E-state index < -0.39 is 0 Å². The van der Waals surface area contributed by atoms with E-state index in [4.69, 9.17) is 0 Å². The van der Waals surface area contributed by atoms with Gasteiger partial charge in [0.15, 0.2) is 0 Å². The van der Waals surface area contributed by atoms with Crippen LogP contribution in [-0.4, -0.2) is 30.8 Å². The lowest BCUT2D eigenvalue weighted by Crippen LogP contribution is -2.24. The Morgan fingerprint density at radius 3 is 2.73 bits per heavy atom. The first-order chi connectivity index (χ1) is 5.14.